The molecule has 0 saturated carbocycles. The van der Waals surface area contributed by atoms with Gasteiger partial charge in [0.1, 0.15) is 21.8 Å². The summed E-state index contributed by atoms with van der Waals surface area (Å²) >= 11 is 6.51. The Labute approximate surface area is 217 Å². The molecule has 2 aliphatic heterocycles. The maximum atomic E-state index is 13.7. The number of hydrogen-bond donors (Lipinski definition) is 1. The van der Waals surface area contributed by atoms with Gasteiger partial charge in [-0.15, -0.1) is 0 Å². The molecule has 2 aliphatic rings. The number of anilines is 1. The first kappa shape index (κ1) is 25.8. The molecule has 0 unspecified atom stereocenters. The third kappa shape index (κ3) is 5.00. The van der Waals surface area contributed by atoms with Gasteiger partial charge in [-0.2, -0.15) is 0 Å². The molecule has 4 heterocycles. The molecule has 0 bridgehead atoms. The van der Waals surface area contributed by atoms with Crippen LogP contribution in [0.15, 0.2) is 28.0 Å². The average molecular weight is 530 g/mol. The summed E-state index contributed by atoms with van der Waals surface area (Å²) < 4.78 is 6.92. The second-order valence-electron chi connectivity index (χ2n) is 8.43. The molecule has 0 aromatic carbocycles. The Morgan fingerprint density at radius 2 is 2.08 bits per heavy atom. The number of thiocarbonyl (C=S) groups is 1. The van der Waals surface area contributed by atoms with E-state index in [-0.39, 0.29) is 41.8 Å². The maximum absolute atomic E-state index is 13.7. The topological polar surface area (TPSA) is 113 Å². The molecule has 2 saturated heterocycles. The van der Waals surface area contributed by atoms with Crippen LogP contribution in [0, 0.1) is 6.92 Å². The number of nitrogens with one attached hydrogen (secondary N) is 1. The van der Waals surface area contributed by atoms with Gasteiger partial charge in [0.05, 0.1) is 23.5 Å². The van der Waals surface area contributed by atoms with Gasteiger partial charge in [-0.1, -0.05) is 37.0 Å². The largest absolute Gasteiger partial charge is 0.466 e. The maximum Gasteiger partial charge on any atom is 0.308 e. The minimum absolute atomic E-state index is 0.152. The Hall–Kier alpha value is -3.25. The fraction of sp³-hybridized carbons (Fsp3) is 0.417. The van der Waals surface area contributed by atoms with Crippen LogP contribution in [0.3, 0.4) is 0 Å². The van der Waals surface area contributed by atoms with Crippen molar-refractivity contribution in [3.63, 3.8) is 0 Å². The number of carbonyl (C=O) groups is 3. The Morgan fingerprint density at radius 1 is 1.31 bits per heavy atom. The number of nitrogens with zero attached hydrogens (tertiary/aromatic N) is 4. The van der Waals surface area contributed by atoms with Crippen molar-refractivity contribution >= 4 is 63.6 Å². The van der Waals surface area contributed by atoms with E-state index in [4.69, 9.17) is 21.9 Å². The molecule has 0 aliphatic carbocycles. The molecule has 0 radical (unpaired) electrons. The lowest BCUT2D eigenvalue weighted by Crippen LogP contribution is -2.57. The number of fused-ring (bicyclic) bond motifs is 1. The van der Waals surface area contributed by atoms with E-state index in [0.29, 0.717) is 34.5 Å². The van der Waals surface area contributed by atoms with Crippen molar-refractivity contribution < 1.29 is 19.1 Å². The van der Waals surface area contributed by atoms with Gasteiger partial charge in [-0.25, -0.2) is 4.98 Å². The molecule has 0 spiro atoms. The SMILES string of the molecule is CCCN1C(=O)/C(=C/c2c(N3CCNC(=O)[C@@H]3CC(=O)OCC)nc3ccc(C)cn3c2=O)SC1=S. The number of ether oxygens (including phenoxy) is 1. The second-order valence-corrected chi connectivity index (χ2v) is 10.1. The van der Waals surface area contributed by atoms with Crippen molar-refractivity contribution in [3.8, 4) is 0 Å². The van der Waals surface area contributed by atoms with Crippen LogP contribution in [-0.2, 0) is 19.1 Å². The molecule has 2 aromatic heterocycles. The Bertz CT molecular complexity index is 1340. The number of carbonyl (C=O) groups excluding carboxylic acids is 3. The molecule has 10 nitrogen and oxygen atoms in total. The zero-order valence-electron chi connectivity index (χ0n) is 20.3. The Balaban J connectivity index is 1.88. The lowest BCUT2D eigenvalue weighted by Gasteiger charge is -2.36. The van der Waals surface area contributed by atoms with Crippen LogP contribution < -0.4 is 15.8 Å². The van der Waals surface area contributed by atoms with E-state index in [0.717, 1.165) is 23.7 Å². The minimum atomic E-state index is -0.917. The molecule has 4 rings (SSSR count). The molecule has 2 fully saturated rings. The normalized spacial score (nSPS) is 19.4. The van der Waals surface area contributed by atoms with Crippen molar-refractivity contribution in [1.29, 1.82) is 0 Å². The number of rotatable bonds is 7. The summed E-state index contributed by atoms with van der Waals surface area (Å²) in [6.07, 6.45) is 3.71. The summed E-state index contributed by atoms with van der Waals surface area (Å²) in [7, 11) is 0. The van der Waals surface area contributed by atoms with Crippen molar-refractivity contribution in [1.82, 2.24) is 19.6 Å². The number of hydrogen-bond acceptors (Lipinski definition) is 9. The number of pyridine rings is 1. The van der Waals surface area contributed by atoms with E-state index in [9.17, 15) is 19.2 Å². The van der Waals surface area contributed by atoms with E-state index >= 15 is 0 Å². The molecule has 36 heavy (non-hydrogen) atoms. The monoisotopic (exact) mass is 529 g/mol. The Morgan fingerprint density at radius 3 is 2.81 bits per heavy atom. The summed E-state index contributed by atoms with van der Waals surface area (Å²) in [6, 6.07) is 2.63. The lowest BCUT2D eigenvalue weighted by atomic mass is 10.1. The number of aryl methyl sites for hydroxylation is 1. The minimum Gasteiger partial charge on any atom is -0.466 e. The van der Waals surface area contributed by atoms with Crippen LogP contribution in [0.2, 0.25) is 0 Å². The number of aromatic nitrogens is 2. The van der Waals surface area contributed by atoms with E-state index in [2.05, 4.69) is 5.32 Å². The van der Waals surface area contributed by atoms with Crippen LogP contribution >= 0.6 is 24.0 Å². The number of piperazine rings is 1. The fourth-order valence-electron chi connectivity index (χ4n) is 4.19. The Kier molecular flexibility index (Phi) is 7.74. The third-order valence-corrected chi connectivity index (χ3v) is 7.23. The van der Waals surface area contributed by atoms with Crippen molar-refractivity contribution in [3.05, 3.63) is 44.7 Å². The van der Waals surface area contributed by atoms with Crippen LogP contribution in [-0.4, -0.2) is 68.7 Å². The zero-order valence-corrected chi connectivity index (χ0v) is 21.9. The van der Waals surface area contributed by atoms with Crippen LogP contribution in [0.4, 0.5) is 5.82 Å². The van der Waals surface area contributed by atoms with Gasteiger partial charge in [-0.3, -0.25) is 28.5 Å². The van der Waals surface area contributed by atoms with Crippen molar-refractivity contribution in [2.75, 3.05) is 31.1 Å². The first-order valence-corrected chi connectivity index (χ1v) is 13.0. The van der Waals surface area contributed by atoms with Crippen LogP contribution in [0.5, 0.6) is 0 Å². The predicted molar refractivity (Wildman–Crippen MR) is 142 cm³/mol. The summed E-state index contributed by atoms with van der Waals surface area (Å²) in [6.45, 7) is 6.81. The van der Waals surface area contributed by atoms with Gasteiger partial charge in [0.2, 0.25) is 5.91 Å². The molecule has 1 atom stereocenters. The van der Waals surface area contributed by atoms with E-state index in [1.54, 1.807) is 24.1 Å². The summed E-state index contributed by atoms with van der Waals surface area (Å²) in [5.41, 5.74) is 1.01. The van der Waals surface area contributed by atoms with Gasteiger partial charge in [0.25, 0.3) is 11.5 Å². The molecular formula is C24H27N5O5S2. The smallest absolute Gasteiger partial charge is 0.308 e. The number of amides is 2. The number of esters is 1. The molecule has 12 heteroatoms. The van der Waals surface area contributed by atoms with Crippen LogP contribution in [0.25, 0.3) is 11.7 Å². The fourth-order valence-corrected chi connectivity index (χ4v) is 5.48. The third-order valence-electron chi connectivity index (χ3n) is 5.85. The van der Waals surface area contributed by atoms with Gasteiger partial charge < -0.3 is 15.0 Å². The molecule has 2 aromatic rings. The highest BCUT2D eigenvalue weighted by Gasteiger charge is 2.36. The average Bonchev–Trinajstić information content (AvgIpc) is 3.10. The number of thioether (sulfide) groups is 1. The van der Waals surface area contributed by atoms with Gasteiger partial charge >= 0.3 is 5.97 Å². The molecule has 2 amide bonds. The molecular weight excluding hydrogens is 502 g/mol. The first-order valence-electron chi connectivity index (χ1n) is 11.7. The highest BCUT2D eigenvalue weighted by molar-refractivity contribution is 8.26. The predicted octanol–water partition coefficient (Wildman–Crippen LogP) is 1.87. The van der Waals surface area contributed by atoms with Gasteiger partial charge in [0.15, 0.2) is 0 Å². The lowest BCUT2D eigenvalue weighted by molar-refractivity contribution is -0.145. The van der Waals surface area contributed by atoms with Crippen LogP contribution in [0.1, 0.15) is 37.8 Å². The second kappa shape index (κ2) is 10.8. The van der Waals surface area contributed by atoms with Crippen molar-refractivity contribution in [2.45, 2.75) is 39.7 Å². The quantitative estimate of drug-likeness (QED) is 0.326. The van der Waals surface area contributed by atoms with E-state index < -0.39 is 12.0 Å². The molecule has 1 N–H and O–H groups in total. The summed E-state index contributed by atoms with van der Waals surface area (Å²) in [4.78, 5) is 60.1. The summed E-state index contributed by atoms with van der Waals surface area (Å²) in [5, 5.41) is 2.77. The van der Waals surface area contributed by atoms with Gasteiger partial charge in [-0.05, 0) is 38.0 Å². The first-order chi connectivity index (χ1) is 17.2. The molecule has 190 valence electrons. The summed E-state index contributed by atoms with van der Waals surface area (Å²) in [5.74, 6) is -0.931. The standard InChI is InChI=1S/C24H27N5O5S2/c1-4-9-28-23(33)17(36-24(28)35)11-15-20(26-18-7-6-14(3)13-29(18)22(15)32)27-10-8-25-21(31)16(27)12-19(30)34-5-2/h6-7,11,13,16H,4-5,8-10,12H2,1-3H3,(H,25,31)/b17-11-/t16-/m0/s1. The highest BCUT2D eigenvalue weighted by Crippen LogP contribution is 2.34. The van der Waals surface area contributed by atoms with E-state index in [1.165, 1.54) is 15.4 Å². The van der Waals surface area contributed by atoms with Gasteiger partial charge in [0, 0.05) is 25.8 Å². The zero-order chi connectivity index (χ0) is 26.0. The van der Waals surface area contributed by atoms with E-state index in [1.807, 2.05) is 19.9 Å². The highest BCUT2D eigenvalue weighted by atomic mass is 32.2. The van der Waals surface area contributed by atoms with Crippen molar-refractivity contribution in [2.24, 2.45) is 0 Å².